The van der Waals surface area contributed by atoms with Crippen molar-refractivity contribution >= 4 is 47.2 Å². The number of para-hydroxylation sites is 1. The van der Waals surface area contributed by atoms with Crippen molar-refractivity contribution < 1.29 is 47.8 Å². The van der Waals surface area contributed by atoms with E-state index in [0.717, 1.165) is 0 Å². The lowest BCUT2D eigenvalue weighted by Crippen LogP contribution is -2.51. The second kappa shape index (κ2) is 25.3. The van der Waals surface area contributed by atoms with Gasteiger partial charge in [-0.25, -0.2) is 0 Å². The summed E-state index contributed by atoms with van der Waals surface area (Å²) < 4.78 is 14.7. The molecule has 0 saturated carbocycles. The largest absolute Gasteiger partial charge is 0.465 e. The maximum absolute atomic E-state index is 13.1. The molecular weight excluding hydrogens is 680 g/mol. The van der Waals surface area contributed by atoms with E-state index in [9.17, 15) is 33.6 Å². The van der Waals surface area contributed by atoms with Gasteiger partial charge >= 0.3 is 17.9 Å². The molecule has 4 N–H and O–H groups in total. The van der Waals surface area contributed by atoms with E-state index in [-0.39, 0.29) is 71.5 Å². The number of carbonyl (C=O) groups is 7. The molecule has 1 heterocycles. The van der Waals surface area contributed by atoms with Gasteiger partial charge in [0.2, 0.25) is 23.6 Å². The summed E-state index contributed by atoms with van der Waals surface area (Å²) in [4.78, 5) is 94.6. The average molecular weight is 735 g/mol. The molecule has 1 fully saturated rings. The molecule has 0 atom stereocenters. The van der Waals surface area contributed by atoms with Crippen molar-refractivity contribution in [3.05, 3.63) is 30.3 Å². The summed E-state index contributed by atoms with van der Waals surface area (Å²) in [5.41, 5.74) is 0.646. The zero-order valence-electron chi connectivity index (χ0n) is 30.5. The molecule has 18 nitrogen and oxygen atoms in total. The number of rotatable bonds is 18. The minimum Gasteiger partial charge on any atom is -0.465 e. The fourth-order valence-corrected chi connectivity index (χ4v) is 5.06. The van der Waals surface area contributed by atoms with E-state index in [1.165, 1.54) is 0 Å². The maximum Gasteiger partial charge on any atom is 0.325 e. The van der Waals surface area contributed by atoms with Crippen molar-refractivity contribution in [3.63, 3.8) is 0 Å². The Balaban J connectivity index is 2.24. The SMILES string of the molecule is CCOC(=O)CNC(=O)CN1CCN(CC(=O)NCC(=O)OCC)CCN(CC(=O)Nc2ccccc2)CCN(CC(=O)NCC(=O)OCC)CC1. The van der Waals surface area contributed by atoms with Crippen molar-refractivity contribution in [2.75, 3.05) is 123 Å². The van der Waals surface area contributed by atoms with Crippen molar-refractivity contribution in [2.24, 2.45) is 0 Å². The number of nitrogens with one attached hydrogen (secondary N) is 4. The molecule has 0 spiro atoms. The van der Waals surface area contributed by atoms with Crippen LogP contribution in [0.1, 0.15) is 20.8 Å². The molecule has 4 amide bonds. The van der Waals surface area contributed by atoms with E-state index in [4.69, 9.17) is 14.2 Å². The van der Waals surface area contributed by atoms with Gasteiger partial charge in [-0.2, -0.15) is 0 Å². The third-order valence-corrected chi connectivity index (χ3v) is 7.66. The molecule has 1 aliphatic heterocycles. The molecule has 1 aromatic rings. The monoisotopic (exact) mass is 734 g/mol. The smallest absolute Gasteiger partial charge is 0.325 e. The van der Waals surface area contributed by atoms with Crippen LogP contribution in [0.5, 0.6) is 0 Å². The number of anilines is 1. The Bertz CT molecular complexity index is 1250. The zero-order valence-corrected chi connectivity index (χ0v) is 30.5. The third-order valence-electron chi connectivity index (χ3n) is 7.66. The van der Waals surface area contributed by atoms with E-state index in [2.05, 4.69) is 21.3 Å². The molecule has 1 aromatic carbocycles. The van der Waals surface area contributed by atoms with Crippen LogP contribution in [-0.2, 0) is 47.8 Å². The quantitative estimate of drug-likeness (QED) is 0.0941. The first-order valence-electron chi connectivity index (χ1n) is 17.5. The highest BCUT2D eigenvalue weighted by Crippen LogP contribution is 2.06. The Morgan fingerprint density at radius 2 is 0.769 bits per heavy atom. The summed E-state index contributed by atoms with van der Waals surface area (Å²) in [6, 6.07) is 9.04. The lowest BCUT2D eigenvalue weighted by atomic mass is 10.3. The highest BCUT2D eigenvalue weighted by atomic mass is 16.5. The van der Waals surface area contributed by atoms with Crippen LogP contribution in [0, 0.1) is 0 Å². The predicted octanol–water partition coefficient (Wildman–Crippen LogP) is -2.12. The number of esters is 3. The van der Waals surface area contributed by atoms with Crippen LogP contribution in [0.4, 0.5) is 5.69 Å². The topological polar surface area (TPSA) is 208 Å². The van der Waals surface area contributed by atoms with Crippen molar-refractivity contribution in [2.45, 2.75) is 20.8 Å². The minimum atomic E-state index is -0.563. The number of hydrogen-bond acceptors (Lipinski definition) is 14. The minimum absolute atomic E-state index is 0.0352. The van der Waals surface area contributed by atoms with Gasteiger partial charge in [-0.15, -0.1) is 0 Å². The van der Waals surface area contributed by atoms with Crippen LogP contribution in [0.25, 0.3) is 0 Å². The summed E-state index contributed by atoms with van der Waals surface area (Å²) >= 11 is 0. The summed E-state index contributed by atoms with van der Waals surface area (Å²) in [7, 11) is 0. The standard InChI is InChI=1S/C34H54N8O10/c1-4-50-32(47)20-35-28(43)23-39-12-14-40(24-29(44)36-21-33(48)51-5-2)16-18-42(26-31(46)38-27-10-8-7-9-11-27)19-17-41(15-13-39)25-30(45)37-22-34(49)52-6-3/h7-11H,4-6,12-26H2,1-3H3,(H,35,43)(H,36,44)(H,37,45)(H,38,46). The van der Waals surface area contributed by atoms with Gasteiger partial charge < -0.3 is 35.5 Å². The number of amides is 4. The normalized spacial score (nSPS) is 15.2. The van der Waals surface area contributed by atoms with Crippen molar-refractivity contribution in [1.82, 2.24) is 35.6 Å². The van der Waals surface area contributed by atoms with Crippen molar-refractivity contribution in [3.8, 4) is 0 Å². The van der Waals surface area contributed by atoms with Gasteiger partial charge in [0.15, 0.2) is 0 Å². The number of nitrogens with zero attached hydrogens (tertiary/aromatic N) is 4. The first kappa shape index (κ1) is 43.5. The second-order valence-corrected chi connectivity index (χ2v) is 11.8. The molecule has 1 saturated heterocycles. The van der Waals surface area contributed by atoms with Gasteiger partial charge in [0.25, 0.3) is 0 Å². The molecule has 0 aromatic heterocycles. The lowest BCUT2D eigenvalue weighted by molar-refractivity contribution is -0.144. The Hall–Kier alpha value is -4.65. The van der Waals surface area contributed by atoms with Gasteiger partial charge in [0.1, 0.15) is 19.6 Å². The highest BCUT2D eigenvalue weighted by molar-refractivity contribution is 5.92. The van der Waals surface area contributed by atoms with Gasteiger partial charge in [0.05, 0.1) is 46.0 Å². The van der Waals surface area contributed by atoms with Crippen LogP contribution < -0.4 is 21.3 Å². The highest BCUT2D eigenvalue weighted by Gasteiger charge is 2.22. The van der Waals surface area contributed by atoms with Crippen LogP contribution in [0.3, 0.4) is 0 Å². The number of benzene rings is 1. The van der Waals surface area contributed by atoms with Gasteiger partial charge in [-0.3, -0.25) is 53.2 Å². The molecule has 290 valence electrons. The summed E-state index contributed by atoms with van der Waals surface area (Å²) in [6.07, 6.45) is 0. The summed E-state index contributed by atoms with van der Waals surface area (Å²) in [5.74, 6) is -3.12. The molecule has 0 radical (unpaired) electrons. The molecular formula is C34H54N8O10. The zero-order chi connectivity index (χ0) is 38.1. The Morgan fingerprint density at radius 1 is 0.481 bits per heavy atom. The number of carbonyl (C=O) groups excluding carboxylic acids is 7. The van der Waals surface area contributed by atoms with Gasteiger partial charge in [-0.1, -0.05) is 18.2 Å². The van der Waals surface area contributed by atoms with Crippen LogP contribution >= 0.6 is 0 Å². The predicted molar refractivity (Wildman–Crippen MR) is 190 cm³/mol. The average Bonchev–Trinajstić information content (AvgIpc) is 3.10. The molecule has 0 bridgehead atoms. The van der Waals surface area contributed by atoms with Crippen LogP contribution in [0.15, 0.2) is 30.3 Å². The fourth-order valence-electron chi connectivity index (χ4n) is 5.06. The molecule has 2 rings (SSSR count). The van der Waals surface area contributed by atoms with Crippen LogP contribution in [-0.4, -0.2) is 179 Å². The van der Waals surface area contributed by atoms with Crippen molar-refractivity contribution in [1.29, 1.82) is 0 Å². The second-order valence-electron chi connectivity index (χ2n) is 11.8. The molecule has 52 heavy (non-hydrogen) atoms. The van der Waals surface area contributed by atoms with Gasteiger partial charge in [0, 0.05) is 58.0 Å². The Kier molecular flexibility index (Phi) is 21.2. The first-order valence-corrected chi connectivity index (χ1v) is 17.5. The van der Waals surface area contributed by atoms with E-state index >= 15 is 0 Å². The molecule has 1 aliphatic rings. The van der Waals surface area contributed by atoms with Crippen LogP contribution in [0.2, 0.25) is 0 Å². The fraction of sp³-hybridized carbons (Fsp3) is 0.618. The first-order chi connectivity index (χ1) is 25.0. The third kappa shape index (κ3) is 19.7. The lowest BCUT2D eigenvalue weighted by Gasteiger charge is -2.33. The van der Waals surface area contributed by atoms with E-state index in [1.807, 2.05) is 37.8 Å². The molecule has 0 unspecified atom stereocenters. The molecule has 0 aliphatic carbocycles. The summed E-state index contributed by atoms with van der Waals surface area (Å²) in [6.45, 7) is 7.37. The van der Waals surface area contributed by atoms with Gasteiger partial charge in [-0.05, 0) is 32.9 Å². The Morgan fingerprint density at radius 3 is 1.06 bits per heavy atom. The molecule has 18 heteroatoms. The van der Waals surface area contributed by atoms with E-state index in [0.29, 0.717) is 58.0 Å². The maximum atomic E-state index is 13.1. The Labute approximate surface area is 304 Å². The van der Waals surface area contributed by atoms with E-state index < -0.39 is 35.6 Å². The summed E-state index contributed by atoms with van der Waals surface area (Å²) in [5, 5.41) is 10.6. The number of ether oxygens (including phenoxy) is 3. The number of hydrogen-bond donors (Lipinski definition) is 4. The van der Waals surface area contributed by atoms with E-state index in [1.54, 1.807) is 32.9 Å².